The third-order valence-electron chi connectivity index (χ3n) is 2.25. The molecule has 0 heterocycles. The predicted octanol–water partition coefficient (Wildman–Crippen LogP) is 2.90. The first kappa shape index (κ1) is 15.9. The first-order valence-electron chi connectivity index (χ1n) is 5.79. The number of amides is 1. The summed E-state index contributed by atoms with van der Waals surface area (Å²) in [5.74, 6) is -1.04. The normalized spacial score (nSPS) is 10.5. The summed E-state index contributed by atoms with van der Waals surface area (Å²) >= 11 is 7.34. The van der Waals surface area contributed by atoms with Crippen molar-refractivity contribution in [3.63, 3.8) is 0 Å². The number of halogens is 1. The zero-order valence-corrected chi connectivity index (χ0v) is 12.4. The Labute approximate surface area is 121 Å². The SMILES string of the molecule is CC(C)SCC(=O)N(CC(=O)O)c1cccc(Cl)c1. The molecule has 4 nitrogen and oxygen atoms in total. The number of thioether (sulfide) groups is 1. The minimum Gasteiger partial charge on any atom is -0.480 e. The first-order valence-corrected chi connectivity index (χ1v) is 7.22. The van der Waals surface area contributed by atoms with E-state index in [-0.39, 0.29) is 18.2 Å². The van der Waals surface area contributed by atoms with Gasteiger partial charge in [-0.2, -0.15) is 0 Å². The van der Waals surface area contributed by atoms with Gasteiger partial charge in [-0.1, -0.05) is 31.5 Å². The van der Waals surface area contributed by atoms with E-state index in [4.69, 9.17) is 16.7 Å². The molecule has 1 N–H and O–H groups in total. The summed E-state index contributed by atoms with van der Waals surface area (Å²) in [6.07, 6.45) is 0. The summed E-state index contributed by atoms with van der Waals surface area (Å²) in [4.78, 5) is 24.2. The molecular weight excluding hydrogens is 286 g/mol. The Bertz CT molecular complexity index is 465. The minimum atomic E-state index is -1.05. The highest BCUT2D eigenvalue weighted by molar-refractivity contribution is 8.00. The van der Waals surface area contributed by atoms with Crippen molar-refractivity contribution in [3.05, 3.63) is 29.3 Å². The fraction of sp³-hybridized carbons (Fsp3) is 0.385. The van der Waals surface area contributed by atoms with Crippen molar-refractivity contribution in [2.75, 3.05) is 17.2 Å². The van der Waals surface area contributed by atoms with Crippen LogP contribution >= 0.6 is 23.4 Å². The zero-order valence-electron chi connectivity index (χ0n) is 10.8. The van der Waals surface area contributed by atoms with Gasteiger partial charge in [-0.05, 0) is 23.4 Å². The van der Waals surface area contributed by atoms with E-state index in [1.54, 1.807) is 24.3 Å². The van der Waals surface area contributed by atoms with E-state index in [2.05, 4.69) is 0 Å². The second-order valence-corrected chi connectivity index (χ2v) is 6.21. The fourth-order valence-corrected chi connectivity index (χ4v) is 2.23. The number of hydrogen-bond acceptors (Lipinski definition) is 3. The fourth-order valence-electron chi connectivity index (χ4n) is 1.42. The molecule has 0 spiro atoms. The Morgan fingerprint density at radius 3 is 2.63 bits per heavy atom. The topological polar surface area (TPSA) is 57.6 Å². The van der Waals surface area contributed by atoms with Crippen LogP contribution < -0.4 is 4.90 Å². The van der Waals surface area contributed by atoms with Gasteiger partial charge < -0.3 is 10.0 Å². The number of hydrogen-bond donors (Lipinski definition) is 1. The van der Waals surface area contributed by atoms with Crippen LogP contribution in [0, 0.1) is 0 Å². The van der Waals surface area contributed by atoms with E-state index in [9.17, 15) is 9.59 Å². The summed E-state index contributed by atoms with van der Waals surface area (Å²) < 4.78 is 0. The number of nitrogens with zero attached hydrogens (tertiary/aromatic N) is 1. The number of aliphatic carboxylic acids is 1. The maximum absolute atomic E-state index is 12.1. The molecule has 0 radical (unpaired) electrons. The molecule has 19 heavy (non-hydrogen) atoms. The van der Waals surface area contributed by atoms with E-state index in [0.717, 1.165) is 0 Å². The number of carboxylic acids is 1. The molecule has 0 saturated heterocycles. The standard InChI is InChI=1S/C13H16ClNO3S/c1-9(2)19-8-12(16)15(7-13(17)18)11-5-3-4-10(14)6-11/h3-6,9H,7-8H2,1-2H3,(H,17,18). The van der Waals surface area contributed by atoms with Gasteiger partial charge in [-0.15, -0.1) is 11.8 Å². The molecule has 6 heteroatoms. The average Bonchev–Trinajstić information content (AvgIpc) is 2.32. The molecule has 0 aliphatic rings. The highest BCUT2D eigenvalue weighted by Crippen LogP contribution is 2.21. The van der Waals surface area contributed by atoms with E-state index >= 15 is 0 Å². The Kier molecular flexibility index (Phi) is 6.18. The number of anilines is 1. The van der Waals surface area contributed by atoms with Gasteiger partial charge in [-0.3, -0.25) is 9.59 Å². The van der Waals surface area contributed by atoms with Gasteiger partial charge in [0.1, 0.15) is 6.54 Å². The Morgan fingerprint density at radius 2 is 2.11 bits per heavy atom. The van der Waals surface area contributed by atoms with Gasteiger partial charge in [0.2, 0.25) is 5.91 Å². The van der Waals surface area contributed by atoms with E-state index in [1.807, 2.05) is 13.8 Å². The average molecular weight is 302 g/mol. The quantitative estimate of drug-likeness (QED) is 0.878. The Balaban J connectivity index is 2.88. The smallest absolute Gasteiger partial charge is 0.323 e. The summed E-state index contributed by atoms with van der Waals surface area (Å²) in [5, 5.41) is 9.69. The molecule has 1 aromatic rings. The van der Waals surface area contributed by atoms with Crippen molar-refractivity contribution in [2.24, 2.45) is 0 Å². The molecule has 0 atom stereocenters. The highest BCUT2D eigenvalue weighted by atomic mass is 35.5. The molecule has 0 aromatic heterocycles. The molecule has 1 aromatic carbocycles. The highest BCUT2D eigenvalue weighted by Gasteiger charge is 2.19. The van der Waals surface area contributed by atoms with Gasteiger partial charge in [-0.25, -0.2) is 0 Å². The van der Waals surface area contributed by atoms with Crippen molar-refractivity contribution < 1.29 is 14.7 Å². The maximum atomic E-state index is 12.1. The summed E-state index contributed by atoms with van der Waals surface area (Å²) in [6.45, 7) is 3.61. The molecule has 0 fully saturated rings. The predicted molar refractivity (Wildman–Crippen MR) is 79.0 cm³/mol. The minimum absolute atomic E-state index is 0.233. The monoisotopic (exact) mass is 301 g/mol. The van der Waals surface area contributed by atoms with Crippen LogP contribution in [0.2, 0.25) is 5.02 Å². The van der Waals surface area contributed by atoms with Crippen LogP contribution in [0.3, 0.4) is 0 Å². The van der Waals surface area contributed by atoms with Crippen molar-refractivity contribution >= 4 is 40.9 Å². The number of carbonyl (C=O) groups excluding carboxylic acids is 1. The second kappa shape index (κ2) is 7.40. The molecule has 0 saturated carbocycles. The van der Waals surface area contributed by atoms with Crippen LogP contribution in [0.4, 0.5) is 5.69 Å². The summed E-state index contributed by atoms with van der Waals surface area (Å²) in [7, 11) is 0. The van der Waals surface area contributed by atoms with Crippen LogP contribution in [0.5, 0.6) is 0 Å². The van der Waals surface area contributed by atoms with E-state index in [1.165, 1.54) is 16.7 Å². The maximum Gasteiger partial charge on any atom is 0.323 e. The van der Waals surface area contributed by atoms with E-state index in [0.29, 0.717) is 16.0 Å². The first-order chi connectivity index (χ1) is 8.90. The lowest BCUT2D eigenvalue weighted by Gasteiger charge is -2.21. The molecule has 104 valence electrons. The van der Waals surface area contributed by atoms with Crippen molar-refractivity contribution in [1.29, 1.82) is 0 Å². The Hall–Kier alpha value is -1.20. The van der Waals surface area contributed by atoms with Crippen molar-refractivity contribution in [1.82, 2.24) is 0 Å². The zero-order chi connectivity index (χ0) is 14.4. The molecular formula is C13H16ClNO3S. The number of benzene rings is 1. The molecule has 1 amide bonds. The second-order valence-electron chi connectivity index (χ2n) is 4.21. The van der Waals surface area contributed by atoms with Crippen LogP contribution in [0.1, 0.15) is 13.8 Å². The number of rotatable bonds is 6. The third-order valence-corrected chi connectivity index (χ3v) is 3.57. The van der Waals surface area contributed by atoms with E-state index < -0.39 is 5.97 Å². The molecule has 0 bridgehead atoms. The van der Waals surface area contributed by atoms with Gasteiger partial charge in [0, 0.05) is 10.7 Å². The largest absolute Gasteiger partial charge is 0.480 e. The lowest BCUT2D eigenvalue weighted by molar-refractivity contribution is -0.136. The Morgan fingerprint density at radius 1 is 1.42 bits per heavy atom. The number of carbonyl (C=O) groups is 2. The number of carboxylic acid groups (broad SMARTS) is 1. The lowest BCUT2D eigenvalue weighted by Crippen LogP contribution is -2.37. The summed E-state index contributed by atoms with van der Waals surface area (Å²) in [6, 6.07) is 6.63. The van der Waals surface area contributed by atoms with Crippen molar-refractivity contribution in [2.45, 2.75) is 19.1 Å². The van der Waals surface area contributed by atoms with Crippen molar-refractivity contribution in [3.8, 4) is 0 Å². The lowest BCUT2D eigenvalue weighted by atomic mass is 10.3. The van der Waals surface area contributed by atoms with Gasteiger partial charge in [0.15, 0.2) is 0 Å². The van der Waals surface area contributed by atoms with Gasteiger partial charge in [0.05, 0.1) is 5.75 Å². The molecule has 0 aliphatic heterocycles. The van der Waals surface area contributed by atoms with Gasteiger partial charge >= 0.3 is 5.97 Å². The van der Waals surface area contributed by atoms with Crippen LogP contribution in [-0.2, 0) is 9.59 Å². The molecule has 0 unspecified atom stereocenters. The van der Waals surface area contributed by atoms with Crippen LogP contribution in [-0.4, -0.2) is 34.5 Å². The van der Waals surface area contributed by atoms with Crippen LogP contribution in [0.25, 0.3) is 0 Å². The molecule has 1 rings (SSSR count). The summed E-state index contributed by atoms with van der Waals surface area (Å²) in [5.41, 5.74) is 0.504. The molecule has 0 aliphatic carbocycles. The van der Waals surface area contributed by atoms with Gasteiger partial charge in [0.25, 0.3) is 0 Å². The van der Waals surface area contributed by atoms with Crippen LogP contribution in [0.15, 0.2) is 24.3 Å². The third kappa shape index (κ3) is 5.53.